The summed E-state index contributed by atoms with van der Waals surface area (Å²) in [5.41, 5.74) is 1.67. The van der Waals surface area contributed by atoms with Crippen LogP contribution >= 0.6 is 0 Å². The molecule has 0 N–H and O–H groups in total. The third kappa shape index (κ3) is 3.26. The molecule has 1 atom stereocenters. The van der Waals surface area contributed by atoms with Crippen LogP contribution in [0.5, 0.6) is 0 Å². The standard InChI is InChI=1S/C14H19N5O3S/c1-10-6-11(2)17-14(16-10)12-7-19(4-5-22-12)23(20,21)13-8-18(3)9-15-13/h6,8-9,12H,4-5,7H2,1-3H3/t12-/m0/s1. The minimum atomic E-state index is -3.64. The summed E-state index contributed by atoms with van der Waals surface area (Å²) in [6, 6.07) is 1.87. The van der Waals surface area contributed by atoms with Crippen LogP contribution in [0.15, 0.2) is 23.6 Å². The highest BCUT2D eigenvalue weighted by Gasteiger charge is 2.34. The molecule has 0 radical (unpaired) electrons. The summed E-state index contributed by atoms with van der Waals surface area (Å²) >= 11 is 0. The second-order valence-electron chi connectivity index (χ2n) is 5.61. The number of hydrogen-bond acceptors (Lipinski definition) is 6. The van der Waals surface area contributed by atoms with Gasteiger partial charge in [-0.1, -0.05) is 0 Å². The lowest BCUT2D eigenvalue weighted by atomic mass is 10.2. The number of sulfonamides is 1. The van der Waals surface area contributed by atoms with Crippen molar-refractivity contribution in [3.8, 4) is 0 Å². The lowest BCUT2D eigenvalue weighted by Crippen LogP contribution is -2.42. The molecule has 0 unspecified atom stereocenters. The van der Waals surface area contributed by atoms with Gasteiger partial charge >= 0.3 is 0 Å². The van der Waals surface area contributed by atoms with Gasteiger partial charge in [0.1, 0.15) is 6.10 Å². The molecule has 0 spiro atoms. The van der Waals surface area contributed by atoms with Crippen molar-refractivity contribution in [3.63, 3.8) is 0 Å². The van der Waals surface area contributed by atoms with E-state index in [-0.39, 0.29) is 11.6 Å². The fourth-order valence-electron chi connectivity index (χ4n) is 2.55. The van der Waals surface area contributed by atoms with Gasteiger partial charge in [0.15, 0.2) is 10.9 Å². The van der Waals surface area contributed by atoms with Crippen LogP contribution in [-0.2, 0) is 21.8 Å². The Morgan fingerprint density at radius 3 is 2.57 bits per heavy atom. The molecule has 1 saturated heterocycles. The molecule has 124 valence electrons. The van der Waals surface area contributed by atoms with Crippen molar-refractivity contribution < 1.29 is 13.2 Å². The molecule has 0 bridgehead atoms. The number of ether oxygens (including phenoxy) is 1. The lowest BCUT2D eigenvalue weighted by molar-refractivity contribution is -0.00775. The first-order chi connectivity index (χ1) is 10.9. The molecule has 3 heterocycles. The Kier molecular flexibility index (Phi) is 4.17. The average Bonchev–Trinajstić information content (AvgIpc) is 2.94. The Bertz CT molecular complexity index is 797. The summed E-state index contributed by atoms with van der Waals surface area (Å²) in [5, 5.41) is 0.0435. The van der Waals surface area contributed by atoms with Crippen molar-refractivity contribution in [1.29, 1.82) is 0 Å². The van der Waals surface area contributed by atoms with Gasteiger partial charge < -0.3 is 9.30 Å². The van der Waals surface area contributed by atoms with Crippen molar-refractivity contribution >= 4 is 10.0 Å². The van der Waals surface area contributed by atoms with Gasteiger partial charge in [-0.2, -0.15) is 4.31 Å². The summed E-state index contributed by atoms with van der Waals surface area (Å²) in [6.45, 7) is 4.53. The molecule has 9 heteroatoms. The van der Waals surface area contributed by atoms with Crippen LogP contribution in [-0.4, -0.2) is 51.9 Å². The van der Waals surface area contributed by atoms with E-state index >= 15 is 0 Å². The van der Waals surface area contributed by atoms with Crippen molar-refractivity contribution in [2.75, 3.05) is 19.7 Å². The van der Waals surface area contributed by atoms with E-state index in [1.165, 1.54) is 16.8 Å². The summed E-state index contributed by atoms with van der Waals surface area (Å²) in [6.07, 6.45) is 2.49. The van der Waals surface area contributed by atoms with E-state index in [2.05, 4.69) is 15.0 Å². The van der Waals surface area contributed by atoms with Crippen molar-refractivity contribution in [1.82, 2.24) is 23.8 Å². The van der Waals surface area contributed by atoms with Crippen LogP contribution in [0.1, 0.15) is 23.3 Å². The summed E-state index contributed by atoms with van der Waals surface area (Å²) in [4.78, 5) is 12.7. The number of imidazole rings is 1. The van der Waals surface area contributed by atoms with E-state index in [4.69, 9.17) is 4.74 Å². The number of rotatable bonds is 3. The number of nitrogens with zero attached hydrogens (tertiary/aromatic N) is 5. The number of morpholine rings is 1. The van der Waals surface area contributed by atoms with Crippen LogP contribution < -0.4 is 0 Å². The molecule has 2 aromatic rings. The van der Waals surface area contributed by atoms with Crippen LogP contribution in [0.3, 0.4) is 0 Å². The lowest BCUT2D eigenvalue weighted by Gasteiger charge is -2.30. The highest BCUT2D eigenvalue weighted by Crippen LogP contribution is 2.24. The van der Waals surface area contributed by atoms with E-state index in [0.29, 0.717) is 19.0 Å². The fraction of sp³-hybridized carbons (Fsp3) is 0.500. The van der Waals surface area contributed by atoms with Gasteiger partial charge in [-0.3, -0.25) is 0 Å². The predicted molar refractivity (Wildman–Crippen MR) is 82.2 cm³/mol. The summed E-state index contributed by atoms with van der Waals surface area (Å²) in [7, 11) is -1.90. The molecule has 8 nitrogen and oxygen atoms in total. The Labute approximate surface area is 135 Å². The van der Waals surface area contributed by atoms with Crippen molar-refractivity contribution in [3.05, 3.63) is 35.8 Å². The Morgan fingerprint density at radius 2 is 1.96 bits per heavy atom. The molecular weight excluding hydrogens is 318 g/mol. The van der Waals surface area contributed by atoms with Crippen LogP contribution in [0.25, 0.3) is 0 Å². The summed E-state index contributed by atoms with van der Waals surface area (Å²) in [5.74, 6) is 0.517. The largest absolute Gasteiger partial charge is 0.367 e. The number of hydrogen-bond donors (Lipinski definition) is 0. The highest BCUT2D eigenvalue weighted by molar-refractivity contribution is 7.89. The van der Waals surface area contributed by atoms with E-state index < -0.39 is 16.1 Å². The first-order valence-corrected chi connectivity index (χ1v) is 8.72. The van der Waals surface area contributed by atoms with Crippen LogP contribution in [0.2, 0.25) is 0 Å². The van der Waals surface area contributed by atoms with Crippen LogP contribution in [0.4, 0.5) is 0 Å². The van der Waals surface area contributed by atoms with Crippen molar-refractivity contribution in [2.45, 2.75) is 25.0 Å². The minimum Gasteiger partial charge on any atom is -0.367 e. The first-order valence-electron chi connectivity index (χ1n) is 7.28. The fourth-order valence-corrected chi connectivity index (χ4v) is 3.94. The smallest absolute Gasteiger partial charge is 0.262 e. The minimum absolute atomic E-state index is 0.0435. The zero-order valence-electron chi connectivity index (χ0n) is 13.3. The highest BCUT2D eigenvalue weighted by atomic mass is 32.2. The third-order valence-corrected chi connectivity index (χ3v) is 5.35. The van der Waals surface area contributed by atoms with Gasteiger partial charge in [0, 0.05) is 37.7 Å². The molecule has 0 aromatic carbocycles. The van der Waals surface area contributed by atoms with Crippen LogP contribution in [0, 0.1) is 13.8 Å². The number of aromatic nitrogens is 4. The maximum atomic E-state index is 12.7. The number of aryl methyl sites for hydroxylation is 3. The van der Waals surface area contributed by atoms with E-state index in [1.54, 1.807) is 11.6 Å². The SMILES string of the molecule is Cc1cc(C)nc([C@@H]2CN(S(=O)(=O)c3cn(C)cn3)CCO2)n1. The predicted octanol–water partition coefficient (Wildman–Crippen LogP) is 0.589. The maximum Gasteiger partial charge on any atom is 0.262 e. The van der Waals surface area contributed by atoms with E-state index in [0.717, 1.165) is 11.4 Å². The quantitative estimate of drug-likeness (QED) is 0.814. The molecule has 2 aromatic heterocycles. The zero-order chi connectivity index (χ0) is 16.6. The Morgan fingerprint density at radius 1 is 1.26 bits per heavy atom. The van der Waals surface area contributed by atoms with Crippen molar-refractivity contribution in [2.24, 2.45) is 7.05 Å². The van der Waals surface area contributed by atoms with Gasteiger partial charge in [-0.05, 0) is 19.9 Å². The van der Waals surface area contributed by atoms with E-state index in [1.807, 2.05) is 19.9 Å². The molecular formula is C14H19N5O3S. The van der Waals surface area contributed by atoms with Gasteiger partial charge in [0.2, 0.25) is 0 Å². The molecule has 1 aliphatic rings. The topological polar surface area (TPSA) is 90.2 Å². The summed E-state index contributed by atoms with van der Waals surface area (Å²) < 4.78 is 34.0. The van der Waals surface area contributed by atoms with Gasteiger partial charge in [0.05, 0.1) is 12.9 Å². The monoisotopic (exact) mass is 337 g/mol. The first kappa shape index (κ1) is 16.0. The molecule has 0 saturated carbocycles. The van der Waals surface area contributed by atoms with Gasteiger partial charge in [-0.15, -0.1) is 0 Å². The zero-order valence-corrected chi connectivity index (χ0v) is 14.1. The molecule has 3 rings (SSSR count). The molecule has 0 amide bonds. The normalized spacial score (nSPS) is 19.9. The van der Waals surface area contributed by atoms with Gasteiger partial charge in [0.25, 0.3) is 10.0 Å². The Hall–Kier alpha value is -1.84. The van der Waals surface area contributed by atoms with Gasteiger partial charge in [-0.25, -0.2) is 23.4 Å². The average molecular weight is 337 g/mol. The second-order valence-corrected chi connectivity index (χ2v) is 7.49. The maximum absolute atomic E-state index is 12.7. The van der Waals surface area contributed by atoms with E-state index in [9.17, 15) is 8.42 Å². The third-order valence-electron chi connectivity index (χ3n) is 3.60. The second kappa shape index (κ2) is 5.99. The molecule has 0 aliphatic carbocycles. The molecule has 1 fully saturated rings. The molecule has 23 heavy (non-hydrogen) atoms. The molecule has 1 aliphatic heterocycles. The Balaban J connectivity index is 1.86.